The van der Waals surface area contributed by atoms with Crippen molar-refractivity contribution in [3.05, 3.63) is 35.1 Å². The van der Waals surface area contributed by atoms with E-state index in [0.717, 1.165) is 24.1 Å². The molecule has 2 rings (SSSR count). The van der Waals surface area contributed by atoms with Crippen LogP contribution in [0.5, 0.6) is 0 Å². The van der Waals surface area contributed by atoms with Gasteiger partial charge in [0.25, 0.3) is 0 Å². The van der Waals surface area contributed by atoms with Crippen molar-refractivity contribution >= 4 is 0 Å². The van der Waals surface area contributed by atoms with Crippen LogP contribution in [0.4, 0.5) is 4.39 Å². The second kappa shape index (κ2) is 4.72. The van der Waals surface area contributed by atoms with Gasteiger partial charge < -0.3 is 10.8 Å². The molecule has 3 N–H and O–H groups in total. The highest BCUT2D eigenvalue weighted by molar-refractivity contribution is 5.24. The maximum atomic E-state index is 13.3. The minimum absolute atomic E-state index is 0.242. The fourth-order valence-corrected chi connectivity index (χ4v) is 2.36. The number of likely N-dealkylation sites (tertiary alicyclic amines) is 1. The second-order valence-corrected chi connectivity index (χ2v) is 5.13. The predicted octanol–water partition coefficient (Wildman–Crippen LogP) is 1.24. The van der Waals surface area contributed by atoms with Crippen LogP contribution in [0.3, 0.4) is 0 Å². The van der Waals surface area contributed by atoms with Crippen molar-refractivity contribution in [1.82, 2.24) is 4.90 Å². The number of hydrogen-bond donors (Lipinski definition) is 2. The van der Waals surface area contributed by atoms with E-state index < -0.39 is 5.60 Å². The molecule has 3 nitrogen and oxygen atoms in total. The molecule has 1 aromatic rings. The molecule has 0 aliphatic carbocycles. The third kappa shape index (κ3) is 3.25. The first-order valence-electron chi connectivity index (χ1n) is 5.92. The van der Waals surface area contributed by atoms with Gasteiger partial charge in [-0.3, -0.25) is 4.90 Å². The molecule has 0 aromatic heterocycles. The number of rotatable bonds is 3. The molecule has 1 saturated heterocycles. The van der Waals surface area contributed by atoms with E-state index in [9.17, 15) is 9.50 Å². The maximum Gasteiger partial charge on any atom is 0.123 e. The fraction of sp³-hybridized carbons (Fsp3) is 0.538. The summed E-state index contributed by atoms with van der Waals surface area (Å²) < 4.78 is 13.3. The highest BCUT2D eigenvalue weighted by Gasteiger charge is 2.30. The molecule has 0 radical (unpaired) electrons. The third-order valence-electron chi connectivity index (χ3n) is 3.19. The third-order valence-corrected chi connectivity index (χ3v) is 3.19. The molecule has 17 heavy (non-hydrogen) atoms. The highest BCUT2D eigenvalue weighted by Crippen LogP contribution is 2.22. The average molecular weight is 238 g/mol. The van der Waals surface area contributed by atoms with E-state index in [1.807, 2.05) is 13.0 Å². The molecule has 0 amide bonds. The molecule has 94 valence electrons. The Hall–Kier alpha value is -0.970. The summed E-state index contributed by atoms with van der Waals surface area (Å²) in [6.45, 7) is 4.34. The van der Waals surface area contributed by atoms with Gasteiger partial charge in [0, 0.05) is 26.2 Å². The predicted molar refractivity (Wildman–Crippen MR) is 64.8 cm³/mol. The van der Waals surface area contributed by atoms with E-state index in [1.54, 1.807) is 0 Å². The first-order chi connectivity index (χ1) is 7.98. The summed E-state index contributed by atoms with van der Waals surface area (Å²) >= 11 is 0. The molecule has 0 saturated carbocycles. The van der Waals surface area contributed by atoms with Gasteiger partial charge in [-0.15, -0.1) is 0 Å². The van der Waals surface area contributed by atoms with Gasteiger partial charge in [0.05, 0.1) is 5.60 Å². The number of hydrogen-bond acceptors (Lipinski definition) is 3. The molecule has 0 spiro atoms. The molecule has 1 aromatic carbocycles. The van der Waals surface area contributed by atoms with Gasteiger partial charge >= 0.3 is 0 Å². The number of nitrogens with two attached hydrogens (primary N) is 1. The molecular formula is C13H19FN2O. The summed E-state index contributed by atoms with van der Waals surface area (Å²) in [6.07, 6.45) is 0.770. The van der Waals surface area contributed by atoms with E-state index in [1.165, 1.54) is 12.1 Å². The smallest absolute Gasteiger partial charge is 0.123 e. The highest BCUT2D eigenvalue weighted by atomic mass is 19.1. The summed E-state index contributed by atoms with van der Waals surface area (Å²) in [5, 5.41) is 9.86. The quantitative estimate of drug-likeness (QED) is 0.833. The Kier molecular flexibility index (Phi) is 3.47. The van der Waals surface area contributed by atoms with Gasteiger partial charge in [-0.05, 0) is 36.6 Å². The van der Waals surface area contributed by atoms with Gasteiger partial charge in [-0.1, -0.05) is 6.07 Å². The zero-order valence-electron chi connectivity index (χ0n) is 10.1. The number of benzene rings is 1. The number of β-amino-alcohol motifs (C(OH)–C–C–N with tert-alkyl or cyclic N) is 1. The van der Waals surface area contributed by atoms with Crippen LogP contribution in [0.2, 0.25) is 0 Å². The molecular weight excluding hydrogens is 219 g/mol. The van der Waals surface area contributed by atoms with Gasteiger partial charge in [-0.2, -0.15) is 0 Å². The summed E-state index contributed by atoms with van der Waals surface area (Å²) in [5.74, 6) is -0.242. The molecule has 1 aliphatic heterocycles. The molecule has 1 atom stereocenters. The SMILES string of the molecule is CC1(O)CCN(Cc2cc(F)cc(CN)c2)C1. The Morgan fingerprint density at radius 1 is 1.41 bits per heavy atom. The van der Waals surface area contributed by atoms with Crippen molar-refractivity contribution in [2.75, 3.05) is 13.1 Å². The monoisotopic (exact) mass is 238 g/mol. The Bertz CT molecular complexity index is 406. The van der Waals surface area contributed by atoms with Crippen LogP contribution in [0.15, 0.2) is 18.2 Å². The van der Waals surface area contributed by atoms with Crippen molar-refractivity contribution in [1.29, 1.82) is 0 Å². The fourth-order valence-electron chi connectivity index (χ4n) is 2.36. The largest absolute Gasteiger partial charge is 0.389 e. The van der Waals surface area contributed by atoms with Crippen LogP contribution in [-0.2, 0) is 13.1 Å². The summed E-state index contributed by atoms with van der Waals surface area (Å²) in [6, 6.07) is 4.92. The van der Waals surface area contributed by atoms with Gasteiger partial charge in [0.1, 0.15) is 5.82 Å². The molecule has 1 unspecified atom stereocenters. The van der Waals surface area contributed by atoms with Crippen molar-refractivity contribution in [3.63, 3.8) is 0 Å². The van der Waals surface area contributed by atoms with E-state index >= 15 is 0 Å². The van der Waals surface area contributed by atoms with E-state index in [0.29, 0.717) is 19.6 Å². The molecule has 1 aliphatic rings. The van der Waals surface area contributed by atoms with Crippen molar-refractivity contribution in [2.24, 2.45) is 5.73 Å². The Morgan fingerprint density at radius 2 is 2.12 bits per heavy atom. The lowest BCUT2D eigenvalue weighted by atomic mass is 10.1. The van der Waals surface area contributed by atoms with Gasteiger partial charge in [-0.25, -0.2) is 4.39 Å². The minimum Gasteiger partial charge on any atom is -0.389 e. The van der Waals surface area contributed by atoms with Gasteiger partial charge in [0.2, 0.25) is 0 Å². The number of nitrogens with zero attached hydrogens (tertiary/aromatic N) is 1. The summed E-state index contributed by atoms with van der Waals surface area (Å²) in [7, 11) is 0. The topological polar surface area (TPSA) is 49.5 Å². The summed E-state index contributed by atoms with van der Waals surface area (Å²) in [4.78, 5) is 2.13. The zero-order valence-corrected chi connectivity index (χ0v) is 10.1. The average Bonchev–Trinajstić information content (AvgIpc) is 2.57. The Morgan fingerprint density at radius 3 is 2.71 bits per heavy atom. The van der Waals surface area contributed by atoms with Crippen LogP contribution in [0.25, 0.3) is 0 Å². The van der Waals surface area contributed by atoms with E-state index in [4.69, 9.17) is 5.73 Å². The van der Waals surface area contributed by atoms with Crippen LogP contribution in [-0.4, -0.2) is 28.7 Å². The zero-order chi connectivity index (χ0) is 12.5. The Labute approximate surface area is 101 Å². The molecule has 0 bridgehead atoms. The lowest BCUT2D eigenvalue weighted by Crippen LogP contribution is -2.29. The molecule has 1 fully saturated rings. The van der Waals surface area contributed by atoms with Crippen molar-refractivity contribution in [3.8, 4) is 0 Å². The Balaban J connectivity index is 2.06. The van der Waals surface area contributed by atoms with Gasteiger partial charge in [0.15, 0.2) is 0 Å². The van der Waals surface area contributed by atoms with E-state index in [-0.39, 0.29) is 5.82 Å². The van der Waals surface area contributed by atoms with Crippen molar-refractivity contribution < 1.29 is 9.50 Å². The first kappa shape index (κ1) is 12.5. The number of halogens is 1. The normalized spacial score (nSPS) is 25.4. The minimum atomic E-state index is -0.607. The van der Waals surface area contributed by atoms with Crippen LogP contribution in [0, 0.1) is 5.82 Å². The van der Waals surface area contributed by atoms with E-state index in [2.05, 4.69) is 4.90 Å². The standard InChI is InChI=1S/C13H19FN2O/c1-13(17)2-3-16(9-13)8-11-4-10(7-15)5-12(14)6-11/h4-6,17H,2-3,7-9,15H2,1H3. The number of aliphatic hydroxyl groups is 1. The lowest BCUT2D eigenvalue weighted by Gasteiger charge is -2.19. The van der Waals surface area contributed by atoms with Crippen LogP contribution in [0.1, 0.15) is 24.5 Å². The molecule has 4 heteroatoms. The van der Waals surface area contributed by atoms with Crippen molar-refractivity contribution in [2.45, 2.75) is 32.0 Å². The van der Waals surface area contributed by atoms with Crippen LogP contribution < -0.4 is 5.73 Å². The summed E-state index contributed by atoms with van der Waals surface area (Å²) in [5.41, 5.74) is 6.64. The van der Waals surface area contributed by atoms with Crippen LogP contribution >= 0.6 is 0 Å². The first-order valence-corrected chi connectivity index (χ1v) is 5.92. The second-order valence-electron chi connectivity index (χ2n) is 5.13. The lowest BCUT2D eigenvalue weighted by molar-refractivity contribution is 0.0679. The maximum absolute atomic E-state index is 13.3. The molecule has 1 heterocycles.